The van der Waals surface area contributed by atoms with Crippen molar-refractivity contribution in [2.45, 2.75) is 58.7 Å². The summed E-state index contributed by atoms with van der Waals surface area (Å²) in [6.45, 7) is 10.8. The number of benzene rings is 3. The summed E-state index contributed by atoms with van der Waals surface area (Å²) in [6, 6.07) is 28.1. The fraction of sp³-hybridized carbons (Fsp3) is 0.379. The van der Waals surface area contributed by atoms with Gasteiger partial charge >= 0.3 is 0 Å². The largest absolute Gasteiger partial charge is 0.391 e. The molecule has 0 saturated carbocycles. The van der Waals surface area contributed by atoms with Gasteiger partial charge in [0.05, 0.1) is 11.6 Å². The summed E-state index contributed by atoms with van der Waals surface area (Å²) in [6.07, 6.45) is 0.424. The van der Waals surface area contributed by atoms with Gasteiger partial charge < -0.3 is 5.11 Å². The molecule has 0 unspecified atom stereocenters. The van der Waals surface area contributed by atoms with Crippen molar-refractivity contribution in [3.8, 4) is 11.1 Å². The van der Waals surface area contributed by atoms with Crippen molar-refractivity contribution < 1.29 is 5.11 Å². The van der Waals surface area contributed by atoms with E-state index in [1.165, 1.54) is 27.8 Å². The summed E-state index contributed by atoms with van der Waals surface area (Å²) in [5.41, 5.74) is 5.55. The van der Waals surface area contributed by atoms with Crippen LogP contribution < -0.4 is 5.32 Å². The number of nitrogens with one attached hydrogen (secondary N) is 1. The van der Waals surface area contributed by atoms with Crippen LogP contribution >= 0.6 is 0 Å². The molecule has 0 heterocycles. The Balaban J connectivity index is 1.96. The molecule has 0 fully saturated rings. The van der Waals surface area contributed by atoms with Crippen molar-refractivity contribution in [2.24, 2.45) is 11.3 Å². The highest BCUT2D eigenvalue weighted by Gasteiger charge is 2.47. The Morgan fingerprint density at radius 3 is 1.74 bits per heavy atom. The van der Waals surface area contributed by atoms with Crippen molar-refractivity contribution in [1.82, 2.24) is 5.32 Å². The Morgan fingerprint density at radius 1 is 0.774 bits per heavy atom. The molecule has 0 bridgehead atoms. The normalized spacial score (nSPS) is 16.6. The van der Waals surface area contributed by atoms with E-state index in [2.05, 4.69) is 119 Å². The van der Waals surface area contributed by atoms with E-state index >= 15 is 0 Å². The second-order valence-electron chi connectivity index (χ2n) is 10.4. The van der Waals surface area contributed by atoms with E-state index in [1.807, 2.05) is 0 Å². The number of hydrogen-bond acceptors (Lipinski definition) is 2. The molecule has 0 radical (unpaired) electrons. The summed E-state index contributed by atoms with van der Waals surface area (Å²) >= 11 is 0. The zero-order valence-electron chi connectivity index (χ0n) is 19.4. The van der Waals surface area contributed by atoms with Crippen LogP contribution in [0.15, 0.2) is 78.9 Å². The van der Waals surface area contributed by atoms with Gasteiger partial charge in [-0.3, -0.25) is 5.32 Å². The standard InChI is InChI=1S/C29H35NO/c1-20(2)19-26(27(31)28(3,4)5)30-29(21-13-7-6-8-14-21)24-17-11-9-15-22(24)23-16-10-12-18-25(23)29/h6-18,20,26-27,30-31H,19H2,1-5H3/t26-,27+/m0/s1. The van der Waals surface area contributed by atoms with E-state index in [1.54, 1.807) is 0 Å². The summed E-state index contributed by atoms with van der Waals surface area (Å²) in [5, 5.41) is 15.5. The van der Waals surface area contributed by atoms with Gasteiger partial charge in [-0.1, -0.05) is 113 Å². The molecule has 31 heavy (non-hydrogen) atoms. The minimum absolute atomic E-state index is 0.0561. The lowest BCUT2D eigenvalue weighted by Gasteiger charge is -2.43. The molecule has 0 aliphatic heterocycles. The van der Waals surface area contributed by atoms with Gasteiger partial charge in [-0.25, -0.2) is 0 Å². The fourth-order valence-electron chi connectivity index (χ4n) is 5.13. The van der Waals surface area contributed by atoms with Crippen LogP contribution in [0.25, 0.3) is 11.1 Å². The van der Waals surface area contributed by atoms with Crippen molar-refractivity contribution in [2.75, 3.05) is 0 Å². The lowest BCUT2D eigenvalue weighted by molar-refractivity contribution is 0.0160. The van der Waals surface area contributed by atoms with Gasteiger partial charge in [-0.05, 0) is 45.6 Å². The molecule has 1 aliphatic carbocycles. The van der Waals surface area contributed by atoms with Crippen molar-refractivity contribution in [1.29, 1.82) is 0 Å². The third-order valence-corrected chi connectivity index (χ3v) is 6.55. The molecule has 3 aromatic rings. The predicted octanol–water partition coefficient (Wildman–Crippen LogP) is 6.37. The second kappa shape index (κ2) is 8.26. The molecule has 162 valence electrons. The molecular formula is C29H35NO. The molecule has 0 spiro atoms. The summed E-state index contributed by atoms with van der Waals surface area (Å²) in [5.74, 6) is 0.467. The van der Waals surface area contributed by atoms with Crippen LogP contribution in [-0.4, -0.2) is 17.3 Å². The molecular weight excluding hydrogens is 378 g/mol. The predicted molar refractivity (Wildman–Crippen MR) is 130 cm³/mol. The highest BCUT2D eigenvalue weighted by molar-refractivity contribution is 5.83. The first-order valence-electron chi connectivity index (χ1n) is 11.5. The van der Waals surface area contributed by atoms with E-state index in [4.69, 9.17) is 0 Å². The average molecular weight is 414 g/mol. The molecule has 2 nitrogen and oxygen atoms in total. The molecule has 2 heteroatoms. The van der Waals surface area contributed by atoms with Crippen LogP contribution in [0.3, 0.4) is 0 Å². The van der Waals surface area contributed by atoms with Crippen LogP contribution in [0.4, 0.5) is 0 Å². The third-order valence-electron chi connectivity index (χ3n) is 6.55. The van der Waals surface area contributed by atoms with E-state index in [9.17, 15) is 5.11 Å². The second-order valence-corrected chi connectivity index (χ2v) is 10.4. The Hall–Kier alpha value is -2.42. The smallest absolute Gasteiger partial charge is 0.0963 e. The van der Waals surface area contributed by atoms with Gasteiger partial charge in [-0.15, -0.1) is 0 Å². The van der Waals surface area contributed by atoms with Crippen molar-refractivity contribution >= 4 is 0 Å². The number of aliphatic hydroxyl groups excluding tert-OH is 1. The third kappa shape index (κ3) is 3.84. The number of aliphatic hydroxyl groups is 1. The van der Waals surface area contributed by atoms with Crippen LogP contribution in [0.1, 0.15) is 57.7 Å². The maximum atomic E-state index is 11.4. The summed E-state index contributed by atoms with van der Waals surface area (Å²) in [7, 11) is 0. The van der Waals surface area contributed by atoms with Gasteiger partial charge in [0.15, 0.2) is 0 Å². The first-order chi connectivity index (χ1) is 14.7. The molecule has 1 aliphatic rings. The highest BCUT2D eigenvalue weighted by atomic mass is 16.3. The van der Waals surface area contributed by atoms with Gasteiger partial charge in [0.1, 0.15) is 0 Å². The van der Waals surface area contributed by atoms with Gasteiger partial charge in [-0.2, -0.15) is 0 Å². The van der Waals surface area contributed by atoms with Crippen LogP contribution in [0.5, 0.6) is 0 Å². The van der Waals surface area contributed by atoms with Gasteiger partial charge in [0.2, 0.25) is 0 Å². The van der Waals surface area contributed by atoms with Crippen LogP contribution in [-0.2, 0) is 5.54 Å². The Kier molecular flexibility index (Phi) is 5.81. The first kappa shape index (κ1) is 21.8. The molecule has 0 saturated heterocycles. The summed E-state index contributed by atoms with van der Waals surface area (Å²) < 4.78 is 0. The Morgan fingerprint density at radius 2 is 1.26 bits per heavy atom. The van der Waals surface area contributed by atoms with Gasteiger partial charge in [0.25, 0.3) is 0 Å². The van der Waals surface area contributed by atoms with Crippen LogP contribution in [0, 0.1) is 11.3 Å². The Bertz CT molecular complexity index is 986. The first-order valence-corrected chi connectivity index (χ1v) is 11.5. The van der Waals surface area contributed by atoms with Gasteiger partial charge in [0, 0.05) is 6.04 Å². The average Bonchev–Trinajstić information content (AvgIpc) is 3.04. The fourth-order valence-corrected chi connectivity index (χ4v) is 5.13. The maximum Gasteiger partial charge on any atom is 0.0963 e. The zero-order chi connectivity index (χ0) is 22.2. The molecule has 3 aromatic carbocycles. The number of fused-ring (bicyclic) bond motifs is 3. The molecule has 4 rings (SSSR count). The molecule has 0 aromatic heterocycles. The molecule has 2 atom stereocenters. The van der Waals surface area contributed by atoms with E-state index in [-0.39, 0.29) is 11.5 Å². The lowest BCUT2D eigenvalue weighted by Crippen LogP contribution is -2.56. The van der Waals surface area contributed by atoms with E-state index in [0.29, 0.717) is 5.92 Å². The minimum atomic E-state index is -0.500. The summed E-state index contributed by atoms with van der Waals surface area (Å²) in [4.78, 5) is 0. The maximum absolute atomic E-state index is 11.4. The number of hydrogen-bond donors (Lipinski definition) is 2. The zero-order valence-corrected chi connectivity index (χ0v) is 19.4. The lowest BCUT2D eigenvalue weighted by atomic mass is 9.76. The van der Waals surface area contributed by atoms with Crippen molar-refractivity contribution in [3.05, 3.63) is 95.6 Å². The SMILES string of the molecule is CC(C)C[C@H](NC1(c2ccccc2)c2ccccc2-c2ccccc21)[C@@H](O)C(C)(C)C. The highest BCUT2D eigenvalue weighted by Crippen LogP contribution is 2.51. The van der Waals surface area contributed by atoms with E-state index < -0.39 is 11.6 Å². The van der Waals surface area contributed by atoms with Crippen LogP contribution in [0.2, 0.25) is 0 Å². The van der Waals surface area contributed by atoms with Crippen molar-refractivity contribution in [3.63, 3.8) is 0 Å². The number of rotatable bonds is 6. The Labute approximate surface area is 187 Å². The topological polar surface area (TPSA) is 32.3 Å². The molecule has 2 N–H and O–H groups in total. The monoisotopic (exact) mass is 413 g/mol. The van der Waals surface area contributed by atoms with E-state index in [0.717, 1.165) is 6.42 Å². The minimum Gasteiger partial charge on any atom is -0.391 e. The quantitative estimate of drug-likeness (QED) is 0.492. The molecule has 0 amide bonds.